The van der Waals surface area contributed by atoms with E-state index in [4.69, 9.17) is 16.6 Å². The summed E-state index contributed by atoms with van der Waals surface area (Å²) in [7, 11) is 0. The van der Waals surface area contributed by atoms with Crippen molar-refractivity contribution in [3.63, 3.8) is 0 Å². The van der Waals surface area contributed by atoms with Gasteiger partial charge in [-0.1, -0.05) is 58.0 Å². The summed E-state index contributed by atoms with van der Waals surface area (Å²) in [6.45, 7) is 6.98. The molecule has 0 aromatic heterocycles. The number of carboxylic acid groups (broad SMARTS) is 2. The average molecular weight is 635 g/mol. The Balaban J connectivity index is 3.19. The van der Waals surface area contributed by atoms with Gasteiger partial charge in [0.25, 0.3) is 0 Å². The molecule has 0 aliphatic heterocycles. The lowest BCUT2D eigenvalue weighted by molar-refractivity contribution is -0.142. The van der Waals surface area contributed by atoms with Gasteiger partial charge in [0.05, 0.1) is 6.04 Å². The van der Waals surface area contributed by atoms with Crippen LogP contribution >= 0.6 is 0 Å². The van der Waals surface area contributed by atoms with Crippen LogP contribution in [0.4, 0.5) is 0 Å². The number of carbonyl (C=O) groups excluding carboxylic acids is 5. The lowest BCUT2D eigenvalue weighted by Crippen LogP contribution is -2.59. The second kappa shape index (κ2) is 19.0. The normalized spacial score (nSPS) is 14.4. The molecule has 0 heterocycles. The van der Waals surface area contributed by atoms with Crippen molar-refractivity contribution in [3.05, 3.63) is 35.9 Å². The highest BCUT2D eigenvalue weighted by molar-refractivity contribution is 5.95. The number of amides is 5. The predicted molar refractivity (Wildman–Crippen MR) is 163 cm³/mol. The first kappa shape index (κ1) is 38.5. The lowest BCUT2D eigenvalue weighted by atomic mass is 9.98. The second-order valence-electron chi connectivity index (χ2n) is 11.6. The third-order valence-corrected chi connectivity index (χ3v) is 6.80. The minimum Gasteiger partial charge on any atom is -0.481 e. The summed E-state index contributed by atoms with van der Waals surface area (Å²) in [5.74, 6) is -6.73. The number of nitrogens with one attached hydrogen (secondary N) is 4. The van der Waals surface area contributed by atoms with Crippen molar-refractivity contribution in [3.8, 4) is 0 Å². The molecule has 0 bridgehead atoms. The van der Waals surface area contributed by atoms with Crippen molar-refractivity contribution in [1.82, 2.24) is 21.3 Å². The summed E-state index contributed by atoms with van der Waals surface area (Å²) in [6, 6.07) is 2.55. The van der Waals surface area contributed by atoms with E-state index in [1.165, 1.54) is 0 Å². The molecule has 0 saturated heterocycles. The van der Waals surface area contributed by atoms with Crippen LogP contribution < -0.4 is 32.7 Å². The van der Waals surface area contributed by atoms with Crippen molar-refractivity contribution >= 4 is 41.5 Å². The van der Waals surface area contributed by atoms with Gasteiger partial charge in [0, 0.05) is 19.3 Å². The van der Waals surface area contributed by atoms with E-state index in [1.54, 1.807) is 44.2 Å². The second-order valence-corrected chi connectivity index (χ2v) is 11.6. The number of aliphatic carboxylic acids is 2. The maximum Gasteiger partial charge on any atom is 0.326 e. The van der Waals surface area contributed by atoms with Gasteiger partial charge >= 0.3 is 11.9 Å². The average Bonchev–Trinajstić information content (AvgIpc) is 2.95. The molecule has 1 aromatic carbocycles. The van der Waals surface area contributed by atoms with Crippen molar-refractivity contribution < 1.29 is 43.8 Å². The fraction of sp³-hybridized carbons (Fsp3) is 0.567. The number of carbonyl (C=O) groups is 7. The molecular formula is C30H46N6O9. The SMILES string of the molecule is CC(C)C[C@H](NC(=O)[C@@H](NC(=O)[C@@H](N)CCC(=O)O)C(C)C)C(=O)N[C@@H](Cc1ccccc1)C(=O)N[C@@H](CCC(N)=O)C(=O)O. The van der Waals surface area contributed by atoms with E-state index >= 15 is 0 Å². The highest BCUT2D eigenvalue weighted by Crippen LogP contribution is 2.11. The quantitative estimate of drug-likeness (QED) is 0.0904. The van der Waals surface area contributed by atoms with E-state index in [9.17, 15) is 38.7 Å². The fourth-order valence-electron chi connectivity index (χ4n) is 4.32. The number of carboxylic acids is 2. The molecule has 45 heavy (non-hydrogen) atoms. The smallest absolute Gasteiger partial charge is 0.326 e. The highest BCUT2D eigenvalue weighted by atomic mass is 16.4. The van der Waals surface area contributed by atoms with E-state index in [1.807, 2.05) is 13.8 Å². The van der Waals surface area contributed by atoms with Crippen molar-refractivity contribution in [2.45, 2.75) is 96.4 Å². The number of nitrogens with two attached hydrogens (primary N) is 2. The monoisotopic (exact) mass is 634 g/mol. The van der Waals surface area contributed by atoms with Gasteiger partial charge in [0.15, 0.2) is 0 Å². The number of benzene rings is 1. The zero-order valence-electron chi connectivity index (χ0n) is 26.1. The van der Waals surface area contributed by atoms with Gasteiger partial charge in [-0.3, -0.25) is 28.8 Å². The first-order chi connectivity index (χ1) is 21.0. The molecule has 250 valence electrons. The molecule has 15 heteroatoms. The molecule has 0 fully saturated rings. The molecule has 5 atom stereocenters. The Hall–Kier alpha value is -4.53. The Kier molecular flexibility index (Phi) is 16.2. The zero-order chi connectivity index (χ0) is 34.3. The van der Waals surface area contributed by atoms with Gasteiger partial charge in [-0.05, 0) is 36.7 Å². The molecule has 0 aliphatic carbocycles. The molecule has 10 N–H and O–H groups in total. The van der Waals surface area contributed by atoms with Gasteiger partial charge in [-0.15, -0.1) is 0 Å². The summed E-state index contributed by atoms with van der Waals surface area (Å²) < 4.78 is 0. The third-order valence-electron chi connectivity index (χ3n) is 6.80. The molecule has 0 radical (unpaired) electrons. The number of hydrogen-bond acceptors (Lipinski definition) is 8. The van der Waals surface area contributed by atoms with Gasteiger partial charge in [-0.25, -0.2) is 4.79 Å². The summed E-state index contributed by atoms with van der Waals surface area (Å²) in [5.41, 5.74) is 11.6. The molecule has 15 nitrogen and oxygen atoms in total. The van der Waals surface area contributed by atoms with Gasteiger partial charge in [-0.2, -0.15) is 0 Å². The first-order valence-electron chi connectivity index (χ1n) is 14.8. The summed E-state index contributed by atoms with van der Waals surface area (Å²) >= 11 is 0. The fourth-order valence-corrected chi connectivity index (χ4v) is 4.32. The number of primary amides is 1. The highest BCUT2D eigenvalue weighted by Gasteiger charge is 2.33. The molecule has 0 saturated carbocycles. The van der Waals surface area contributed by atoms with E-state index in [-0.39, 0.29) is 44.4 Å². The minimum absolute atomic E-state index is 0.0121. The topological polar surface area (TPSA) is 260 Å². The predicted octanol–water partition coefficient (Wildman–Crippen LogP) is -0.587. The van der Waals surface area contributed by atoms with Crippen molar-refractivity contribution in [2.24, 2.45) is 23.3 Å². The van der Waals surface area contributed by atoms with Crippen molar-refractivity contribution in [2.75, 3.05) is 0 Å². The Morgan fingerprint density at radius 2 is 1.27 bits per heavy atom. The molecule has 0 unspecified atom stereocenters. The van der Waals surface area contributed by atoms with Crippen molar-refractivity contribution in [1.29, 1.82) is 0 Å². The van der Waals surface area contributed by atoms with Gasteiger partial charge in [0.1, 0.15) is 24.2 Å². The molecule has 1 aromatic rings. The Morgan fingerprint density at radius 3 is 1.78 bits per heavy atom. The molecule has 5 amide bonds. The molecule has 0 spiro atoms. The molecular weight excluding hydrogens is 588 g/mol. The maximum atomic E-state index is 13.6. The summed E-state index contributed by atoms with van der Waals surface area (Å²) in [5, 5.41) is 28.6. The van der Waals surface area contributed by atoms with Crippen LogP contribution in [0.2, 0.25) is 0 Å². The third kappa shape index (κ3) is 14.7. The Morgan fingerprint density at radius 1 is 0.711 bits per heavy atom. The Labute approximate surface area is 262 Å². The first-order valence-corrected chi connectivity index (χ1v) is 14.8. The van der Waals surface area contributed by atoms with Crippen LogP contribution in [0.1, 0.15) is 65.4 Å². The van der Waals surface area contributed by atoms with E-state index in [0.29, 0.717) is 5.56 Å². The standard InChI is InChI=1S/C30H46N6O9/c1-16(2)14-21(35-29(43)25(17(3)4)36-26(40)19(31)10-13-24(38)39)27(41)34-22(15-18-8-6-5-7-9-18)28(42)33-20(30(44)45)11-12-23(32)37/h5-9,16-17,19-22,25H,10-15,31H2,1-4H3,(H2,32,37)(H,33,42)(H,34,41)(H,35,43)(H,36,40)(H,38,39)(H,44,45)/t19-,20-,21-,22-,25-/m0/s1. The van der Waals surface area contributed by atoms with Gasteiger partial charge < -0.3 is 42.9 Å². The van der Waals surface area contributed by atoms with Crippen LogP contribution in [0.3, 0.4) is 0 Å². The number of rotatable bonds is 20. The summed E-state index contributed by atoms with van der Waals surface area (Å²) in [4.78, 5) is 86.6. The van der Waals surface area contributed by atoms with Crippen LogP contribution in [0, 0.1) is 11.8 Å². The zero-order valence-corrected chi connectivity index (χ0v) is 26.1. The van der Waals surface area contributed by atoms with E-state index in [2.05, 4.69) is 21.3 Å². The van der Waals surface area contributed by atoms with Crippen LogP contribution in [0.5, 0.6) is 0 Å². The van der Waals surface area contributed by atoms with E-state index < -0.39 is 77.6 Å². The van der Waals surface area contributed by atoms with E-state index in [0.717, 1.165) is 0 Å². The van der Waals surface area contributed by atoms with Gasteiger partial charge in [0.2, 0.25) is 29.5 Å². The van der Waals surface area contributed by atoms with Crippen LogP contribution in [0.15, 0.2) is 30.3 Å². The lowest BCUT2D eigenvalue weighted by Gasteiger charge is -2.28. The van der Waals surface area contributed by atoms with Crippen LogP contribution in [0.25, 0.3) is 0 Å². The van der Waals surface area contributed by atoms with Crippen LogP contribution in [-0.2, 0) is 40.0 Å². The maximum absolute atomic E-state index is 13.6. The van der Waals surface area contributed by atoms with Crippen LogP contribution in [-0.4, -0.2) is 81.9 Å². The number of hydrogen-bond donors (Lipinski definition) is 8. The molecule has 0 aliphatic rings. The largest absolute Gasteiger partial charge is 0.481 e. The molecule has 1 rings (SSSR count). The minimum atomic E-state index is -1.44. The Bertz CT molecular complexity index is 1190. The summed E-state index contributed by atoms with van der Waals surface area (Å²) in [6.07, 6.45) is -0.863.